The summed E-state index contributed by atoms with van der Waals surface area (Å²) in [6, 6.07) is 5.15. The molecule has 2 aliphatic rings. The highest BCUT2D eigenvalue weighted by atomic mass is 127. The molecule has 0 spiro atoms. The van der Waals surface area contributed by atoms with Crippen LogP contribution < -0.4 is 10.1 Å². The predicted octanol–water partition coefficient (Wildman–Crippen LogP) is 2.45. The van der Waals surface area contributed by atoms with Crippen molar-refractivity contribution in [3.63, 3.8) is 0 Å². The summed E-state index contributed by atoms with van der Waals surface area (Å²) in [5.41, 5.74) is 0.357. The average molecular weight is 506 g/mol. The second kappa shape index (κ2) is 10.6. The van der Waals surface area contributed by atoms with Crippen LogP contribution in [0.3, 0.4) is 0 Å². The molecule has 1 saturated carbocycles. The fraction of sp³-hybridized carbons (Fsp3) is 0.650. The van der Waals surface area contributed by atoms with Gasteiger partial charge in [0.1, 0.15) is 0 Å². The number of guanidine groups is 1. The van der Waals surface area contributed by atoms with Gasteiger partial charge < -0.3 is 20.1 Å². The van der Waals surface area contributed by atoms with E-state index in [9.17, 15) is 9.50 Å². The number of benzene rings is 1. The van der Waals surface area contributed by atoms with Crippen LogP contribution in [0.15, 0.2) is 23.2 Å². The second-order valence-corrected chi connectivity index (χ2v) is 7.48. The van der Waals surface area contributed by atoms with Crippen LogP contribution in [0, 0.1) is 5.82 Å². The van der Waals surface area contributed by atoms with Gasteiger partial charge in [0.05, 0.1) is 19.3 Å². The Balaban J connectivity index is 0.00000280. The van der Waals surface area contributed by atoms with Gasteiger partial charge in [-0.25, -0.2) is 4.39 Å². The molecule has 2 fully saturated rings. The Bertz CT molecular complexity index is 662. The summed E-state index contributed by atoms with van der Waals surface area (Å²) < 4.78 is 18.9. The van der Waals surface area contributed by atoms with E-state index in [0.29, 0.717) is 6.54 Å². The average Bonchev–Trinajstić information content (AvgIpc) is 2.64. The first-order chi connectivity index (χ1) is 13.0. The van der Waals surface area contributed by atoms with Crippen LogP contribution in [0.1, 0.15) is 31.7 Å². The van der Waals surface area contributed by atoms with Crippen molar-refractivity contribution in [2.45, 2.75) is 38.3 Å². The monoisotopic (exact) mass is 506 g/mol. The molecular formula is C20H32FIN4O2. The maximum Gasteiger partial charge on any atom is 0.194 e. The van der Waals surface area contributed by atoms with Crippen molar-refractivity contribution >= 4 is 29.9 Å². The summed E-state index contributed by atoms with van der Waals surface area (Å²) in [6.07, 6.45) is 2.79. The van der Waals surface area contributed by atoms with E-state index in [-0.39, 0.29) is 35.5 Å². The first-order valence-electron chi connectivity index (χ1n) is 9.83. The summed E-state index contributed by atoms with van der Waals surface area (Å²) in [6.45, 7) is 7.57. The van der Waals surface area contributed by atoms with Gasteiger partial charge >= 0.3 is 0 Å². The van der Waals surface area contributed by atoms with Crippen LogP contribution in [0.5, 0.6) is 5.75 Å². The lowest BCUT2D eigenvalue weighted by molar-refractivity contribution is -0.0238. The molecule has 2 N–H and O–H groups in total. The van der Waals surface area contributed by atoms with Crippen molar-refractivity contribution in [2.75, 3.05) is 46.4 Å². The van der Waals surface area contributed by atoms with Crippen LogP contribution in [-0.4, -0.2) is 72.8 Å². The smallest absolute Gasteiger partial charge is 0.194 e. The number of ether oxygens (including phenoxy) is 1. The molecule has 0 unspecified atom stereocenters. The maximum absolute atomic E-state index is 13.9. The fourth-order valence-corrected chi connectivity index (χ4v) is 3.58. The van der Waals surface area contributed by atoms with Crippen molar-refractivity contribution in [3.05, 3.63) is 29.6 Å². The Hall–Kier alpha value is -1.13. The molecule has 158 valence electrons. The first kappa shape index (κ1) is 23.2. The molecule has 1 aromatic rings. The number of methoxy groups -OCH3 is 1. The third-order valence-electron chi connectivity index (χ3n) is 5.44. The van der Waals surface area contributed by atoms with E-state index in [2.05, 4.69) is 27.0 Å². The third-order valence-corrected chi connectivity index (χ3v) is 5.44. The Kier molecular flexibility index (Phi) is 8.76. The van der Waals surface area contributed by atoms with Crippen LogP contribution in [-0.2, 0) is 6.54 Å². The number of hydrogen-bond donors (Lipinski definition) is 2. The molecule has 0 atom stereocenters. The molecule has 1 aliphatic heterocycles. The van der Waals surface area contributed by atoms with Crippen molar-refractivity contribution in [3.8, 4) is 5.75 Å². The molecule has 1 saturated heterocycles. The topological polar surface area (TPSA) is 60.3 Å². The zero-order chi connectivity index (χ0) is 19.3. The Morgan fingerprint density at radius 3 is 2.54 bits per heavy atom. The number of piperazine rings is 1. The second-order valence-electron chi connectivity index (χ2n) is 7.48. The summed E-state index contributed by atoms with van der Waals surface area (Å²) in [5.74, 6) is 0.847. The molecule has 0 amide bonds. The van der Waals surface area contributed by atoms with Crippen LogP contribution >= 0.6 is 24.0 Å². The molecule has 0 aromatic heterocycles. The molecule has 0 bridgehead atoms. The fourth-order valence-electron chi connectivity index (χ4n) is 3.58. The van der Waals surface area contributed by atoms with E-state index < -0.39 is 5.60 Å². The van der Waals surface area contributed by atoms with Gasteiger partial charge in [-0.3, -0.25) is 9.89 Å². The van der Waals surface area contributed by atoms with Gasteiger partial charge in [0.2, 0.25) is 0 Å². The van der Waals surface area contributed by atoms with E-state index in [0.717, 1.165) is 70.1 Å². The van der Waals surface area contributed by atoms with Crippen molar-refractivity contribution in [1.29, 1.82) is 0 Å². The van der Waals surface area contributed by atoms with Crippen molar-refractivity contribution < 1.29 is 14.2 Å². The number of rotatable bonds is 6. The number of hydrogen-bond acceptors (Lipinski definition) is 4. The number of halogens is 2. The number of aliphatic imine (C=N–C) groups is 1. The molecule has 6 nitrogen and oxygen atoms in total. The molecule has 1 heterocycles. The highest BCUT2D eigenvalue weighted by Crippen LogP contribution is 2.31. The minimum absolute atomic E-state index is 0. The van der Waals surface area contributed by atoms with Gasteiger partial charge in [0, 0.05) is 39.3 Å². The number of aliphatic hydroxyl groups is 1. The summed E-state index contributed by atoms with van der Waals surface area (Å²) in [5, 5.41) is 13.6. The molecule has 3 rings (SSSR count). The summed E-state index contributed by atoms with van der Waals surface area (Å²) in [7, 11) is 1.48. The van der Waals surface area contributed by atoms with Gasteiger partial charge in [-0.15, -0.1) is 24.0 Å². The molecule has 8 heteroatoms. The van der Waals surface area contributed by atoms with Gasteiger partial charge in [0.25, 0.3) is 0 Å². The van der Waals surface area contributed by atoms with E-state index in [4.69, 9.17) is 4.74 Å². The van der Waals surface area contributed by atoms with Gasteiger partial charge in [0.15, 0.2) is 17.5 Å². The van der Waals surface area contributed by atoms with Gasteiger partial charge in [-0.05, 0) is 43.9 Å². The quantitative estimate of drug-likeness (QED) is 0.353. The van der Waals surface area contributed by atoms with Crippen LogP contribution in [0.25, 0.3) is 0 Å². The summed E-state index contributed by atoms with van der Waals surface area (Å²) in [4.78, 5) is 9.24. The lowest BCUT2D eigenvalue weighted by Crippen LogP contribution is -2.52. The standard InChI is InChI=1S/C20H31FN4O2.HI/c1-3-22-19(23-15-20(26)7-4-8-20)25-11-9-24(10-12-25)14-16-5-6-18(27-2)17(21)13-16;/h5-6,13,26H,3-4,7-12,14-15H2,1-2H3,(H,22,23);1H. The molecule has 28 heavy (non-hydrogen) atoms. The van der Waals surface area contributed by atoms with E-state index >= 15 is 0 Å². The minimum atomic E-state index is -0.596. The lowest BCUT2D eigenvalue weighted by Gasteiger charge is -2.38. The van der Waals surface area contributed by atoms with Gasteiger partial charge in [-0.2, -0.15) is 0 Å². The van der Waals surface area contributed by atoms with Crippen molar-refractivity contribution in [1.82, 2.24) is 15.1 Å². The first-order valence-corrected chi connectivity index (χ1v) is 9.83. The van der Waals surface area contributed by atoms with Crippen LogP contribution in [0.2, 0.25) is 0 Å². The highest BCUT2D eigenvalue weighted by Gasteiger charge is 2.34. The van der Waals surface area contributed by atoms with Crippen LogP contribution in [0.4, 0.5) is 4.39 Å². The Morgan fingerprint density at radius 1 is 1.29 bits per heavy atom. The van der Waals surface area contributed by atoms with E-state index in [1.54, 1.807) is 12.1 Å². The van der Waals surface area contributed by atoms with Crippen molar-refractivity contribution in [2.24, 2.45) is 4.99 Å². The Labute approximate surface area is 184 Å². The van der Waals surface area contributed by atoms with E-state index in [1.807, 2.05) is 6.07 Å². The lowest BCUT2D eigenvalue weighted by atomic mass is 9.80. The molecule has 1 aromatic carbocycles. The zero-order valence-electron chi connectivity index (χ0n) is 16.8. The molecule has 1 aliphatic carbocycles. The van der Waals surface area contributed by atoms with E-state index in [1.165, 1.54) is 7.11 Å². The highest BCUT2D eigenvalue weighted by molar-refractivity contribution is 14.0. The maximum atomic E-state index is 13.9. The Morgan fingerprint density at radius 2 is 2.00 bits per heavy atom. The third kappa shape index (κ3) is 5.93. The SMILES string of the molecule is CCNC(=NCC1(O)CCC1)N1CCN(Cc2ccc(OC)c(F)c2)CC1.I. The zero-order valence-corrected chi connectivity index (χ0v) is 19.1. The number of nitrogens with one attached hydrogen (secondary N) is 1. The van der Waals surface area contributed by atoms with Gasteiger partial charge in [-0.1, -0.05) is 6.07 Å². The molecular weight excluding hydrogens is 474 g/mol. The largest absolute Gasteiger partial charge is 0.494 e. The minimum Gasteiger partial charge on any atom is -0.494 e. The summed E-state index contributed by atoms with van der Waals surface area (Å²) >= 11 is 0. The molecule has 0 radical (unpaired) electrons. The normalized spacial score (nSPS) is 19.6. The predicted molar refractivity (Wildman–Crippen MR) is 120 cm³/mol. The number of nitrogens with zero attached hydrogens (tertiary/aromatic N) is 3.